The molecule has 406 valence electrons. The van der Waals surface area contributed by atoms with Gasteiger partial charge in [0.2, 0.25) is 17.7 Å². The van der Waals surface area contributed by atoms with E-state index in [1.807, 2.05) is 64.2 Å². The molecule has 5 aliphatic rings. The summed E-state index contributed by atoms with van der Waals surface area (Å²) < 4.78 is 30.2. The number of carbonyl (C=O) groups is 2. The molecule has 1 aliphatic carbocycles. The molecule has 21 heteroatoms. The Hall–Kier alpha value is -7.36. The summed E-state index contributed by atoms with van der Waals surface area (Å²) in [6.45, 7) is 12.0. The Bertz CT molecular complexity index is 3000. The fourth-order valence-electron chi connectivity index (χ4n) is 11.8. The van der Waals surface area contributed by atoms with Gasteiger partial charge in [-0.2, -0.15) is 0 Å². The molecule has 2 bridgehead atoms. The van der Waals surface area contributed by atoms with Crippen LogP contribution in [0.1, 0.15) is 94.7 Å². The first-order valence-corrected chi connectivity index (χ1v) is 27.0. The number of benzene rings is 1. The molecule has 4 saturated heterocycles. The first-order valence-electron chi connectivity index (χ1n) is 27.0. The Morgan fingerprint density at radius 2 is 1.66 bits per heavy atom. The Balaban J connectivity index is 0.601. The summed E-state index contributed by atoms with van der Waals surface area (Å²) >= 11 is 0. The van der Waals surface area contributed by atoms with Gasteiger partial charge in [-0.3, -0.25) is 19.5 Å². The number of nitrogen functional groups attached to an aromatic ring is 1. The minimum Gasteiger partial charge on any atom is -0.507 e. The van der Waals surface area contributed by atoms with Gasteiger partial charge in [-0.05, 0) is 86.5 Å². The molecule has 5 aromatic heterocycles. The first kappa shape index (κ1) is 51.7. The number of aliphatic hydroxyl groups excluding tert-OH is 1. The van der Waals surface area contributed by atoms with Crippen LogP contribution in [0.4, 0.5) is 17.2 Å². The number of pyridine rings is 2. The van der Waals surface area contributed by atoms with Crippen LogP contribution in [0.5, 0.6) is 17.5 Å². The number of para-hydroxylation sites is 1. The van der Waals surface area contributed by atoms with E-state index in [2.05, 4.69) is 62.5 Å². The molecule has 5 N–H and O–H groups in total. The molecule has 77 heavy (non-hydrogen) atoms. The van der Waals surface area contributed by atoms with Gasteiger partial charge in [0.1, 0.15) is 36.1 Å². The van der Waals surface area contributed by atoms with Crippen LogP contribution in [0.2, 0.25) is 0 Å². The SMILES string of the molecule is Cc1ncoc1-c1ccc([C@H](C)NC(=O)[C@@H]2C[C@@H](O)CN2C(=O)[C@@H](c2cc(OCCN3CCC(OC4CC(Oc5cc(N6C7CC[C@@H]6CN(c6cc(-c8ccccc8O)nnc6N)C7)ccn5)C4)CC3)no2)C(C)C)cn1. The number of amides is 2. The summed E-state index contributed by atoms with van der Waals surface area (Å²) in [6.07, 6.45) is 10.2. The van der Waals surface area contributed by atoms with E-state index in [1.54, 1.807) is 24.4 Å². The molecular weight excluding hydrogens is 985 g/mol. The number of anilines is 3. The monoisotopic (exact) mass is 1050 g/mol. The van der Waals surface area contributed by atoms with Gasteiger partial charge >= 0.3 is 0 Å². The predicted octanol–water partition coefficient (Wildman–Crippen LogP) is 6.08. The van der Waals surface area contributed by atoms with Gasteiger partial charge in [0.05, 0.1) is 41.4 Å². The van der Waals surface area contributed by atoms with Crippen molar-refractivity contribution in [3.63, 3.8) is 0 Å². The molecule has 0 radical (unpaired) electrons. The highest BCUT2D eigenvalue weighted by Crippen LogP contribution is 2.41. The fraction of sp³-hybridized carbons (Fsp3) is 0.500. The average molecular weight is 1050 g/mol. The molecule has 5 fully saturated rings. The number of nitrogens with one attached hydrogen (secondary N) is 1. The Kier molecular flexibility index (Phi) is 15.0. The van der Waals surface area contributed by atoms with Crippen molar-refractivity contribution < 1.29 is 43.0 Å². The standard InChI is InChI=1S/C56H68N12O9/c1-32(2)52(56(72)67-30-39(69)22-47(67)55(71)61-33(3)35-9-12-44(59-27-35)53-34(4)60-31-74-53)49-26-51(64-77-49)73-20-19-65-17-14-40(15-18-65)75-41-23-42(24-41)76-50-21-36(13-16-58-50)68-37-10-11-38(68)29-66(28-37)46-25-45(62-63-54(46)57)43-7-5-6-8-48(43)70/h5-9,12-13,16,21,25-27,31-33,37-42,47,52,69-70H,10-11,14-15,17-20,22-24,28-30H2,1-4H3,(H2,57,63)(H,61,71)/t33-,37+,38?,39+,41?,42?,47-,52+/m0/s1. The normalized spacial score (nSPS) is 23.5. The van der Waals surface area contributed by atoms with Crippen LogP contribution < -0.4 is 30.3 Å². The second kappa shape index (κ2) is 22.3. The Morgan fingerprint density at radius 1 is 0.870 bits per heavy atom. The number of hydrogen-bond donors (Lipinski definition) is 4. The molecule has 21 nitrogen and oxygen atoms in total. The van der Waals surface area contributed by atoms with Crippen molar-refractivity contribution in [2.24, 2.45) is 5.92 Å². The van der Waals surface area contributed by atoms with E-state index in [0.29, 0.717) is 59.2 Å². The third-order valence-corrected chi connectivity index (χ3v) is 16.0. The number of aromatic nitrogens is 6. The highest BCUT2D eigenvalue weighted by molar-refractivity contribution is 5.91. The predicted molar refractivity (Wildman–Crippen MR) is 284 cm³/mol. The van der Waals surface area contributed by atoms with E-state index in [0.717, 1.165) is 87.3 Å². The number of piperazine rings is 1. The zero-order valence-corrected chi connectivity index (χ0v) is 44.0. The minimum absolute atomic E-state index is 0.0289. The summed E-state index contributed by atoms with van der Waals surface area (Å²) in [5.74, 6) is 0.777. The molecule has 11 rings (SSSR count). The Morgan fingerprint density at radius 3 is 2.39 bits per heavy atom. The lowest BCUT2D eigenvalue weighted by molar-refractivity contribution is -0.141. The molecule has 6 aromatic rings. The van der Waals surface area contributed by atoms with E-state index in [4.69, 9.17) is 28.9 Å². The number of carbonyl (C=O) groups excluding carboxylic acids is 2. The molecule has 1 saturated carbocycles. The molecule has 4 aliphatic heterocycles. The average Bonchev–Trinajstić information content (AvgIpc) is 4.22. The zero-order valence-electron chi connectivity index (χ0n) is 44.0. The number of aromatic hydroxyl groups is 1. The number of nitrogens with two attached hydrogens (primary N) is 1. The second-order valence-electron chi connectivity index (χ2n) is 21.6. The third kappa shape index (κ3) is 11.2. The maximum atomic E-state index is 14.2. The number of piperidine rings is 1. The summed E-state index contributed by atoms with van der Waals surface area (Å²) in [6, 6.07) is 17.8. The van der Waals surface area contributed by atoms with Gasteiger partial charge in [-0.15, -0.1) is 10.2 Å². The van der Waals surface area contributed by atoms with Crippen molar-refractivity contribution in [2.75, 3.05) is 61.4 Å². The van der Waals surface area contributed by atoms with Crippen molar-refractivity contribution in [2.45, 2.75) is 127 Å². The number of aliphatic hydroxyl groups is 1. The number of rotatable bonds is 18. The van der Waals surface area contributed by atoms with Crippen LogP contribution in [0.25, 0.3) is 22.7 Å². The van der Waals surface area contributed by atoms with Crippen molar-refractivity contribution in [3.05, 3.63) is 96.5 Å². The number of phenols is 1. The number of fused-ring (bicyclic) bond motifs is 2. The second-order valence-corrected chi connectivity index (χ2v) is 21.6. The van der Waals surface area contributed by atoms with Crippen LogP contribution in [0.3, 0.4) is 0 Å². The molecule has 2 amide bonds. The largest absolute Gasteiger partial charge is 0.507 e. The number of ether oxygens (including phenoxy) is 3. The first-order chi connectivity index (χ1) is 37.3. The third-order valence-electron chi connectivity index (χ3n) is 16.0. The van der Waals surface area contributed by atoms with Crippen LogP contribution in [-0.2, 0) is 14.3 Å². The van der Waals surface area contributed by atoms with Gasteiger partial charge in [0.15, 0.2) is 23.7 Å². The highest BCUT2D eigenvalue weighted by Gasteiger charge is 2.45. The number of aryl methyl sites for hydroxylation is 1. The molecule has 1 aromatic carbocycles. The minimum atomic E-state index is -0.867. The van der Waals surface area contributed by atoms with E-state index in [1.165, 1.54) is 11.3 Å². The smallest absolute Gasteiger partial charge is 0.254 e. The number of likely N-dealkylation sites (tertiary alicyclic amines) is 2. The lowest BCUT2D eigenvalue weighted by Gasteiger charge is -2.43. The number of nitrogens with zero attached hydrogens (tertiary/aromatic N) is 10. The topological polar surface area (TPSA) is 257 Å². The van der Waals surface area contributed by atoms with E-state index in [-0.39, 0.29) is 66.8 Å². The van der Waals surface area contributed by atoms with Crippen molar-refractivity contribution in [1.82, 2.24) is 45.4 Å². The molecule has 0 spiro atoms. The quantitative estimate of drug-likeness (QED) is 0.0761. The number of oxazole rings is 1. The zero-order chi connectivity index (χ0) is 53.3. The number of hydrogen-bond acceptors (Lipinski definition) is 19. The number of phenolic OH excluding ortho intramolecular Hbond substituents is 1. The van der Waals surface area contributed by atoms with Crippen molar-refractivity contribution >= 4 is 29.0 Å². The van der Waals surface area contributed by atoms with Gasteiger partial charge in [0, 0.05) is 106 Å². The lowest BCUT2D eigenvalue weighted by Crippen LogP contribution is -2.54. The summed E-state index contributed by atoms with van der Waals surface area (Å²) in [7, 11) is 0. The van der Waals surface area contributed by atoms with Crippen molar-refractivity contribution in [3.8, 4) is 40.2 Å². The summed E-state index contributed by atoms with van der Waals surface area (Å²) in [5.41, 5.74) is 11.7. The molecule has 1 unspecified atom stereocenters. The van der Waals surface area contributed by atoms with Gasteiger partial charge in [-0.25, -0.2) is 9.97 Å². The molecule has 9 heterocycles. The van der Waals surface area contributed by atoms with E-state index >= 15 is 0 Å². The number of β-amino-alcohol motifs (C(OH)–C–C–N with tert-alkyl or cyclic N) is 1. The summed E-state index contributed by atoms with van der Waals surface area (Å²) in [5, 5.41) is 36.9. The van der Waals surface area contributed by atoms with E-state index in [9.17, 15) is 19.8 Å². The molecular formula is C56H68N12O9. The van der Waals surface area contributed by atoms with Crippen LogP contribution in [0.15, 0.2) is 88.4 Å². The molecule has 6 atom stereocenters. The fourth-order valence-corrected chi connectivity index (χ4v) is 11.8. The van der Waals surface area contributed by atoms with Gasteiger partial charge in [0.25, 0.3) is 5.88 Å². The van der Waals surface area contributed by atoms with E-state index < -0.39 is 24.1 Å². The maximum absolute atomic E-state index is 14.2. The van der Waals surface area contributed by atoms with Gasteiger partial charge < -0.3 is 59.1 Å². The lowest BCUT2D eigenvalue weighted by atomic mass is 9.91. The Labute approximate surface area is 447 Å². The summed E-state index contributed by atoms with van der Waals surface area (Å²) in [4.78, 5) is 49.8. The van der Waals surface area contributed by atoms with Crippen LogP contribution >= 0.6 is 0 Å². The highest BCUT2D eigenvalue weighted by atomic mass is 16.5. The maximum Gasteiger partial charge on any atom is 0.254 e. The van der Waals surface area contributed by atoms with Crippen LogP contribution in [-0.4, -0.2) is 151 Å². The van der Waals surface area contributed by atoms with Crippen molar-refractivity contribution in [1.29, 1.82) is 0 Å². The van der Waals surface area contributed by atoms with Gasteiger partial charge in [-0.1, -0.05) is 32.0 Å². The van der Waals surface area contributed by atoms with Crippen LogP contribution in [0, 0.1) is 12.8 Å².